The van der Waals surface area contributed by atoms with Crippen molar-refractivity contribution >= 4 is 5.97 Å². The Labute approximate surface area is 111 Å². The number of para-hydroxylation sites is 1. The molecule has 4 nitrogen and oxygen atoms in total. The van der Waals surface area contributed by atoms with Crippen molar-refractivity contribution in [2.75, 3.05) is 0 Å². The fourth-order valence-electron chi connectivity index (χ4n) is 1.71. The Bertz CT molecular complexity index is 554. The normalized spacial score (nSPS) is 11.7. The van der Waals surface area contributed by atoms with Crippen LogP contribution >= 0.6 is 0 Å². The summed E-state index contributed by atoms with van der Waals surface area (Å²) in [7, 11) is 0. The minimum Gasteiger partial charge on any atom is -0.457 e. The van der Waals surface area contributed by atoms with E-state index in [9.17, 15) is 4.79 Å². The molecule has 2 aromatic rings. The second-order valence-corrected chi connectivity index (χ2v) is 4.15. The zero-order valence-electron chi connectivity index (χ0n) is 10.6. The molecular weight excluding hydrogens is 242 g/mol. The molecule has 1 unspecified atom stereocenters. The van der Waals surface area contributed by atoms with E-state index in [0.717, 1.165) is 11.3 Å². The summed E-state index contributed by atoms with van der Waals surface area (Å²) in [6.07, 6.45) is 0. The topological polar surface area (TPSA) is 61.5 Å². The standard InChI is InChI=1S/C15H15NO3/c1-11(15(17)19-16)12-6-5-9-14(10-12)18-13-7-3-2-4-8-13/h2-11H,16H2,1H3. The quantitative estimate of drug-likeness (QED) is 0.855. The van der Waals surface area contributed by atoms with Crippen molar-refractivity contribution in [3.8, 4) is 11.5 Å². The Kier molecular flexibility index (Phi) is 4.15. The zero-order valence-corrected chi connectivity index (χ0v) is 10.6. The molecule has 4 heteroatoms. The van der Waals surface area contributed by atoms with Crippen LogP contribution in [0.5, 0.6) is 11.5 Å². The molecule has 0 saturated carbocycles. The minimum absolute atomic E-state index is 0.427. The predicted molar refractivity (Wildman–Crippen MR) is 71.7 cm³/mol. The predicted octanol–water partition coefficient (Wildman–Crippen LogP) is 3.00. The average molecular weight is 257 g/mol. The first kappa shape index (κ1) is 13.1. The molecular formula is C15H15NO3. The van der Waals surface area contributed by atoms with E-state index >= 15 is 0 Å². The van der Waals surface area contributed by atoms with Crippen molar-refractivity contribution in [3.05, 3.63) is 60.2 Å². The van der Waals surface area contributed by atoms with Crippen LogP contribution in [0.4, 0.5) is 0 Å². The molecule has 0 aliphatic rings. The lowest BCUT2D eigenvalue weighted by Gasteiger charge is -2.11. The van der Waals surface area contributed by atoms with Crippen molar-refractivity contribution in [1.29, 1.82) is 0 Å². The number of nitrogens with two attached hydrogens (primary N) is 1. The summed E-state index contributed by atoms with van der Waals surface area (Å²) in [4.78, 5) is 15.6. The Morgan fingerprint density at radius 2 is 1.74 bits per heavy atom. The highest BCUT2D eigenvalue weighted by Crippen LogP contribution is 2.25. The third-order valence-electron chi connectivity index (χ3n) is 2.81. The monoisotopic (exact) mass is 257 g/mol. The molecule has 1 atom stereocenters. The van der Waals surface area contributed by atoms with Gasteiger partial charge in [-0.05, 0) is 36.8 Å². The van der Waals surface area contributed by atoms with Gasteiger partial charge in [0.15, 0.2) is 0 Å². The van der Waals surface area contributed by atoms with Gasteiger partial charge in [-0.3, -0.25) is 0 Å². The van der Waals surface area contributed by atoms with Crippen LogP contribution in [0.3, 0.4) is 0 Å². The summed E-state index contributed by atoms with van der Waals surface area (Å²) in [5, 5.41) is 0. The minimum atomic E-state index is -0.475. The van der Waals surface area contributed by atoms with E-state index in [4.69, 9.17) is 10.6 Å². The molecule has 0 heterocycles. The maximum atomic E-state index is 11.4. The maximum Gasteiger partial charge on any atom is 0.331 e. The molecule has 0 aromatic heterocycles. The van der Waals surface area contributed by atoms with Gasteiger partial charge >= 0.3 is 5.97 Å². The van der Waals surface area contributed by atoms with E-state index in [1.165, 1.54) is 0 Å². The van der Waals surface area contributed by atoms with Crippen LogP contribution < -0.4 is 10.6 Å². The van der Waals surface area contributed by atoms with Crippen LogP contribution in [-0.4, -0.2) is 5.97 Å². The molecule has 2 rings (SSSR count). The molecule has 0 radical (unpaired) electrons. The van der Waals surface area contributed by atoms with Gasteiger partial charge in [0.05, 0.1) is 5.92 Å². The van der Waals surface area contributed by atoms with Crippen LogP contribution in [0.2, 0.25) is 0 Å². The number of ether oxygens (including phenoxy) is 1. The lowest BCUT2D eigenvalue weighted by atomic mass is 10.0. The van der Waals surface area contributed by atoms with Crippen molar-refractivity contribution in [3.63, 3.8) is 0 Å². The van der Waals surface area contributed by atoms with E-state index in [2.05, 4.69) is 4.84 Å². The SMILES string of the molecule is CC(C(=O)ON)c1cccc(Oc2ccccc2)c1. The van der Waals surface area contributed by atoms with Gasteiger partial charge in [-0.25, -0.2) is 4.79 Å². The molecule has 0 bridgehead atoms. The van der Waals surface area contributed by atoms with E-state index in [1.54, 1.807) is 13.0 Å². The zero-order chi connectivity index (χ0) is 13.7. The highest BCUT2D eigenvalue weighted by molar-refractivity contribution is 5.77. The summed E-state index contributed by atoms with van der Waals surface area (Å²) in [6, 6.07) is 16.7. The first-order chi connectivity index (χ1) is 9.20. The lowest BCUT2D eigenvalue weighted by molar-refractivity contribution is -0.145. The van der Waals surface area contributed by atoms with Crippen molar-refractivity contribution < 1.29 is 14.4 Å². The van der Waals surface area contributed by atoms with Crippen LogP contribution in [-0.2, 0) is 9.63 Å². The molecule has 0 aliphatic heterocycles. The average Bonchev–Trinajstić information content (AvgIpc) is 2.47. The maximum absolute atomic E-state index is 11.4. The summed E-state index contributed by atoms with van der Waals surface area (Å²) in [5.74, 6) is 5.40. The van der Waals surface area contributed by atoms with Crippen molar-refractivity contribution in [2.24, 2.45) is 5.90 Å². The van der Waals surface area contributed by atoms with Gasteiger partial charge in [0.2, 0.25) is 0 Å². The molecule has 0 spiro atoms. The highest BCUT2D eigenvalue weighted by atomic mass is 16.7. The van der Waals surface area contributed by atoms with Gasteiger partial charge in [0, 0.05) is 0 Å². The fraction of sp³-hybridized carbons (Fsp3) is 0.133. The van der Waals surface area contributed by atoms with Gasteiger partial charge < -0.3 is 9.57 Å². The largest absolute Gasteiger partial charge is 0.457 e. The molecule has 0 aliphatic carbocycles. The molecule has 0 fully saturated rings. The third-order valence-corrected chi connectivity index (χ3v) is 2.81. The van der Waals surface area contributed by atoms with E-state index in [1.807, 2.05) is 48.5 Å². The summed E-state index contributed by atoms with van der Waals surface area (Å²) < 4.78 is 5.70. The number of carbonyl (C=O) groups is 1. The summed E-state index contributed by atoms with van der Waals surface area (Å²) in [5.41, 5.74) is 0.795. The van der Waals surface area contributed by atoms with E-state index in [-0.39, 0.29) is 0 Å². The fourth-order valence-corrected chi connectivity index (χ4v) is 1.71. The van der Waals surface area contributed by atoms with Gasteiger partial charge in [-0.15, -0.1) is 0 Å². The van der Waals surface area contributed by atoms with Gasteiger partial charge in [-0.1, -0.05) is 30.3 Å². The third kappa shape index (κ3) is 3.33. The number of carbonyl (C=O) groups excluding carboxylic acids is 1. The van der Waals surface area contributed by atoms with E-state index in [0.29, 0.717) is 5.75 Å². The van der Waals surface area contributed by atoms with E-state index < -0.39 is 11.9 Å². The van der Waals surface area contributed by atoms with Crippen LogP contribution in [0.1, 0.15) is 18.4 Å². The van der Waals surface area contributed by atoms with Crippen LogP contribution in [0.25, 0.3) is 0 Å². The first-order valence-electron chi connectivity index (χ1n) is 5.94. The number of benzene rings is 2. The highest BCUT2D eigenvalue weighted by Gasteiger charge is 2.16. The second-order valence-electron chi connectivity index (χ2n) is 4.15. The van der Waals surface area contributed by atoms with Gasteiger partial charge in [-0.2, -0.15) is 5.90 Å². The second kappa shape index (κ2) is 6.02. The molecule has 2 N–H and O–H groups in total. The van der Waals surface area contributed by atoms with Gasteiger partial charge in [0.1, 0.15) is 11.5 Å². The smallest absolute Gasteiger partial charge is 0.331 e. The molecule has 98 valence electrons. The molecule has 0 saturated heterocycles. The number of rotatable bonds is 4. The Morgan fingerprint density at radius 1 is 1.05 bits per heavy atom. The molecule has 19 heavy (non-hydrogen) atoms. The number of hydrogen-bond donors (Lipinski definition) is 1. The van der Waals surface area contributed by atoms with Crippen molar-refractivity contribution in [1.82, 2.24) is 0 Å². The first-order valence-corrected chi connectivity index (χ1v) is 5.94. The number of hydrogen-bond acceptors (Lipinski definition) is 4. The Hall–Kier alpha value is -2.33. The lowest BCUT2D eigenvalue weighted by Crippen LogP contribution is -2.16. The molecule has 2 aromatic carbocycles. The summed E-state index contributed by atoms with van der Waals surface area (Å²) >= 11 is 0. The van der Waals surface area contributed by atoms with Crippen LogP contribution in [0.15, 0.2) is 54.6 Å². The van der Waals surface area contributed by atoms with Crippen molar-refractivity contribution in [2.45, 2.75) is 12.8 Å². The summed E-state index contributed by atoms with van der Waals surface area (Å²) in [6.45, 7) is 1.73. The van der Waals surface area contributed by atoms with Crippen LogP contribution in [0, 0.1) is 0 Å². The molecule has 0 amide bonds. The van der Waals surface area contributed by atoms with Gasteiger partial charge in [0.25, 0.3) is 0 Å². The Balaban J connectivity index is 2.18. The Morgan fingerprint density at radius 3 is 2.42 bits per heavy atom.